The van der Waals surface area contributed by atoms with Crippen molar-refractivity contribution >= 4 is 9.84 Å². The summed E-state index contributed by atoms with van der Waals surface area (Å²) in [5, 5.41) is 3.57. The molecule has 3 aliphatic carbocycles. The third-order valence-electron chi connectivity index (χ3n) is 5.81. The molecule has 1 unspecified atom stereocenters. The van der Waals surface area contributed by atoms with Gasteiger partial charge in [0.05, 0.1) is 4.75 Å². The summed E-state index contributed by atoms with van der Waals surface area (Å²) in [6.07, 6.45) is 9.49. The quantitative estimate of drug-likeness (QED) is 0.815. The Bertz CT molecular complexity index is 435. The fraction of sp³-hybridized carbons (Fsp3) is 1.00. The molecule has 3 fully saturated rings. The van der Waals surface area contributed by atoms with Crippen molar-refractivity contribution in [2.45, 2.75) is 62.7 Å². The second-order valence-electron chi connectivity index (χ2n) is 7.23. The van der Waals surface area contributed by atoms with E-state index in [1.807, 2.05) is 0 Å². The Hall–Kier alpha value is -0.0900. The molecular formula is C15H27NO2S. The van der Waals surface area contributed by atoms with E-state index in [2.05, 4.69) is 12.2 Å². The average Bonchev–Trinajstić information content (AvgIpc) is 3.20. The molecule has 1 N–H and O–H groups in total. The standard InChI is InChI=1S/C15H27NO2S/c1-11(13-9-14(13)12-5-6-12)16-10-15(19(2,17)18)7-3-4-8-15/h11-14,16H,3-10H2,1-2H3/t11?,13-,14-/m0/s1. The summed E-state index contributed by atoms with van der Waals surface area (Å²) in [4.78, 5) is 0. The molecule has 0 saturated heterocycles. The van der Waals surface area contributed by atoms with Crippen LogP contribution in [-0.4, -0.2) is 32.0 Å². The summed E-state index contributed by atoms with van der Waals surface area (Å²) in [6.45, 7) is 2.92. The fourth-order valence-electron chi connectivity index (χ4n) is 4.07. The van der Waals surface area contributed by atoms with Crippen LogP contribution >= 0.6 is 0 Å². The van der Waals surface area contributed by atoms with Crippen LogP contribution in [0, 0.1) is 17.8 Å². The normalized spacial score (nSPS) is 35.3. The molecule has 0 heterocycles. The Morgan fingerprint density at radius 2 is 1.89 bits per heavy atom. The van der Waals surface area contributed by atoms with Crippen LogP contribution in [0.4, 0.5) is 0 Å². The number of sulfone groups is 1. The smallest absolute Gasteiger partial charge is 0.154 e. The largest absolute Gasteiger partial charge is 0.312 e. The van der Waals surface area contributed by atoms with Gasteiger partial charge in [0, 0.05) is 18.8 Å². The predicted octanol–water partition coefficient (Wildman–Crippen LogP) is 2.37. The minimum Gasteiger partial charge on any atom is -0.312 e. The Labute approximate surface area is 117 Å². The number of hydrogen-bond acceptors (Lipinski definition) is 3. The van der Waals surface area contributed by atoms with E-state index in [0.717, 1.165) is 43.4 Å². The molecule has 3 atom stereocenters. The van der Waals surface area contributed by atoms with Crippen LogP contribution in [0.1, 0.15) is 51.9 Å². The molecule has 110 valence electrons. The molecule has 0 aliphatic heterocycles. The molecule has 0 bridgehead atoms. The van der Waals surface area contributed by atoms with Crippen molar-refractivity contribution in [3.8, 4) is 0 Å². The molecule has 19 heavy (non-hydrogen) atoms. The lowest BCUT2D eigenvalue weighted by atomic mass is 10.1. The molecular weight excluding hydrogens is 258 g/mol. The molecule has 0 aromatic rings. The van der Waals surface area contributed by atoms with Gasteiger partial charge in [0.25, 0.3) is 0 Å². The first-order valence-electron chi connectivity index (χ1n) is 7.86. The Morgan fingerprint density at radius 3 is 2.42 bits per heavy atom. The van der Waals surface area contributed by atoms with Gasteiger partial charge < -0.3 is 5.32 Å². The van der Waals surface area contributed by atoms with Crippen molar-refractivity contribution in [3.63, 3.8) is 0 Å². The first-order chi connectivity index (χ1) is 8.93. The first-order valence-corrected chi connectivity index (χ1v) is 9.75. The summed E-state index contributed by atoms with van der Waals surface area (Å²) >= 11 is 0. The number of hydrogen-bond donors (Lipinski definition) is 1. The van der Waals surface area contributed by atoms with E-state index < -0.39 is 14.6 Å². The zero-order chi connectivity index (χ0) is 13.7. The van der Waals surface area contributed by atoms with E-state index >= 15 is 0 Å². The van der Waals surface area contributed by atoms with Crippen molar-refractivity contribution in [2.75, 3.05) is 12.8 Å². The second kappa shape index (κ2) is 4.73. The van der Waals surface area contributed by atoms with E-state index in [1.165, 1.54) is 25.5 Å². The Balaban J connectivity index is 1.55. The lowest BCUT2D eigenvalue weighted by Crippen LogP contribution is -2.47. The molecule has 3 nitrogen and oxygen atoms in total. The highest BCUT2D eigenvalue weighted by atomic mass is 32.2. The van der Waals surface area contributed by atoms with Crippen LogP contribution in [0.3, 0.4) is 0 Å². The van der Waals surface area contributed by atoms with Crippen molar-refractivity contribution < 1.29 is 8.42 Å². The molecule has 3 rings (SSSR count). The lowest BCUT2D eigenvalue weighted by Gasteiger charge is -2.29. The summed E-state index contributed by atoms with van der Waals surface area (Å²) < 4.78 is 23.7. The highest BCUT2D eigenvalue weighted by molar-refractivity contribution is 7.92. The van der Waals surface area contributed by atoms with Crippen LogP contribution in [0.15, 0.2) is 0 Å². The predicted molar refractivity (Wildman–Crippen MR) is 77.8 cm³/mol. The van der Waals surface area contributed by atoms with Crippen molar-refractivity contribution in [1.82, 2.24) is 5.32 Å². The number of nitrogens with one attached hydrogen (secondary N) is 1. The summed E-state index contributed by atoms with van der Waals surface area (Å²) in [5.41, 5.74) is 0. The van der Waals surface area contributed by atoms with Crippen LogP contribution < -0.4 is 5.32 Å². The van der Waals surface area contributed by atoms with Gasteiger partial charge in [-0.05, 0) is 56.8 Å². The summed E-state index contributed by atoms with van der Waals surface area (Å²) in [6, 6.07) is 0.491. The molecule has 3 aliphatic rings. The van der Waals surface area contributed by atoms with Crippen LogP contribution in [0.5, 0.6) is 0 Å². The van der Waals surface area contributed by atoms with E-state index in [9.17, 15) is 8.42 Å². The zero-order valence-corrected chi connectivity index (χ0v) is 13.0. The van der Waals surface area contributed by atoms with Gasteiger partial charge >= 0.3 is 0 Å². The van der Waals surface area contributed by atoms with Gasteiger partial charge in [0.15, 0.2) is 9.84 Å². The SMILES string of the molecule is CC(NCC1(S(C)(=O)=O)CCCC1)[C@@H]1C[C@H]1C1CC1. The minimum absolute atomic E-state index is 0.467. The molecule has 0 spiro atoms. The van der Waals surface area contributed by atoms with E-state index in [1.54, 1.807) is 0 Å². The molecule has 0 aromatic carbocycles. The summed E-state index contributed by atoms with van der Waals surface area (Å²) in [7, 11) is -2.95. The topological polar surface area (TPSA) is 46.2 Å². The third kappa shape index (κ3) is 2.71. The van der Waals surface area contributed by atoms with E-state index in [4.69, 9.17) is 0 Å². The number of rotatable bonds is 6. The van der Waals surface area contributed by atoms with Crippen LogP contribution in [0.25, 0.3) is 0 Å². The van der Waals surface area contributed by atoms with Gasteiger partial charge in [-0.2, -0.15) is 0 Å². The van der Waals surface area contributed by atoms with Crippen molar-refractivity contribution in [2.24, 2.45) is 17.8 Å². The minimum atomic E-state index is -2.95. The Kier molecular flexibility index (Phi) is 3.45. The highest BCUT2D eigenvalue weighted by Gasteiger charge is 2.50. The van der Waals surface area contributed by atoms with Crippen molar-refractivity contribution in [3.05, 3.63) is 0 Å². The zero-order valence-electron chi connectivity index (χ0n) is 12.2. The maximum atomic E-state index is 12.1. The monoisotopic (exact) mass is 285 g/mol. The van der Waals surface area contributed by atoms with Gasteiger partial charge in [-0.1, -0.05) is 12.8 Å². The average molecular weight is 285 g/mol. The van der Waals surface area contributed by atoms with Crippen LogP contribution in [0.2, 0.25) is 0 Å². The molecule has 0 aromatic heterocycles. The fourth-order valence-corrected chi connectivity index (χ4v) is 5.45. The maximum Gasteiger partial charge on any atom is 0.154 e. The molecule has 0 amide bonds. The first kappa shape index (κ1) is 13.9. The third-order valence-corrected chi connectivity index (χ3v) is 7.93. The van der Waals surface area contributed by atoms with E-state index in [0.29, 0.717) is 12.6 Å². The van der Waals surface area contributed by atoms with Gasteiger partial charge in [0.1, 0.15) is 0 Å². The maximum absolute atomic E-state index is 12.1. The van der Waals surface area contributed by atoms with Crippen molar-refractivity contribution in [1.29, 1.82) is 0 Å². The van der Waals surface area contributed by atoms with Gasteiger partial charge in [-0.3, -0.25) is 0 Å². The summed E-state index contributed by atoms with van der Waals surface area (Å²) in [5.74, 6) is 2.76. The van der Waals surface area contributed by atoms with Gasteiger partial charge in [-0.15, -0.1) is 0 Å². The molecule has 3 saturated carbocycles. The van der Waals surface area contributed by atoms with Crippen LogP contribution in [-0.2, 0) is 9.84 Å². The van der Waals surface area contributed by atoms with Gasteiger partial charge in [0.2, 0.25) is 0 Å². The Morgan fingerprint density at radius 1 is 1.26 bits per heavy atom. The van der Waals surface area contributed by atoms with E-state index in [-0.39, 0.29) is 0 Å². The second-order valence-corrected chi connectivity index (χ2v) is 9.64. The highest BCUT2D eigenvalue weighted by Crippen LogP contribution is 2.55. The lowest BCUT2D eigenvalue weighted by molar-refractivity contribution is 0.410. The molecule has 0 radical (unpaired) electrons. The van der Waals surface area contributed by atoms with Gasteiger partial charge in [-0.25, -0.2) is 8.42 Å². The molecule has 4 heteroatoms.